The van der Waals surface area contributed by atoms with Crippen LogP contribution in [-0.2, 0) is 0 Å². The SMILES string of the molecule is CCC(NC(=O)N(CC(C)C)CC(C)C)(C(F)(F)F)C(F)(F)F. The largest absolute Gasteiger partial charge is 0.420 e. The molecule has 0 aliphatic carbocycles. The summed E-state index contributed by atoms with van der Waals surface area (Å²) >= 11 is 0. The predicted molar refractivity (Wildman–Crippen MR) is 74.9 cm³/mol. The molecule has 23 heavy (non-hydrogen) atoms. The summed E-state index contributed by atoms with van der Waals surface area (Å²) in [4.78, 5) is 13.1. The summed E-state index contributed by atoms with van der Waals surface area (Å²) in [6, 6.07) is -1.36. The summed E-state index contributed by atoms with van der Waals surface area (Å²) in [5, 5.41) is 1.21. The molecule has 0 radical (unpaired) electrons. The van der Waals surface area contributed by atoms with E-state index in [-0.39, 0.29) is 24.9 Å². The summed E-state index contributed by atoms with van der Waals surface area (Å²) in [6.45, 7) is 7.78. The number of nitrogens with one attached hydrogen (secondary N) is 1. The van der Waals surface area contributed by atoms with Crippen LogP contribution in [0.5, 0.6) is 0 Å². The van der Waals surface area contributed by atoms with Crippen molar-refractivity contribution in [1.29, 1.82) is 0 Å². The van der Waals surface area contributed by atoms with Gasteiger partial charge in [-0.2, -0.15) is 26.3 Å². The van der Waals surface area contributed by atoms with Gasteiger partial charge in [0, 0.05) is 13.1 Å². The van der Waals surface area contributed by atoms with E-state index >= 15 is 0 Å². The maximum Gasteiger partial charge on any atom is 0.420 e. The maximum atomic E-state index is 13.1. The topological polar surface area (TPSA) is 32.3 Å². The van der Waals surface area contributed by atoms with Gasteiger partial charge in [-0.15, -0.1) is 0 Å². The zero-order valence-corrected chi connectivity index (χ0v) is 13.9. The van der Waals surface area contributed by atoms with Gasteiger partial charge in [0.25, 0.3) is 0 Å². The molecule has 2 amide bonds. The minimum absolute atomic E-state index is 0.0690. The van der Waals surface area contributed by atoms with Crippen molar-refractivity contribution >= 4 is 6.03 Å². The Morgan fingerprint density at radius 3 is 1.48 bits per heavy atom. The summed E-state index contributed by atoms with van der Waals surface area (Å²) in [5.41, 5.74) is -4.25. The highest BCUT2D eigenvalue weighted by Gasteiger charge is 2.70. The lowest BCUT2D eigenvalue weighted by molar-refractivity contribution is -0.305. The summed E-state index contributed by atoms with van der Waals surface area (Å²) in [6.07, 6.45) is -12.6. The van der Waals surface area contributed by atoms with Gasteiger partial charge >= 0.3 is 18.4 Å². The molecule has 138 valence electrons. The molecule has 0 rings (SSSR count). The summed E-state index contributed by atoms with van der Waals surface area (Å²) in [5.74, 6) is -0.181. The first-order chi connectivity index (χ1) is 10.2. The first kappa shape index (κ1) is 21.9. The molecule has 3 nitrogen and oxygen atoms in total. The van der Waals surface area contributed by atoms with Gasteiger partial charge in [-0.1, -0.05) is 34.6 Å². The number of amides is 2. The number of rotatable bonds is 6. The zero-order chi connectivity index (χ0) is 18.6. The van der Waals surface area contributed by atoms with Gasteiger partial charge < -0.3 is 10.2 Å². The molecule has 9 heteroatoms. The van der Waals surface area contributed by atoms with Crippen molar-refractivity contribution in [2.75, 3.05) is 13.1 Å². The van der Waals surface area contributed by atoms with E-state index in [1.165, 1.54) is 5.32 Å². The number of nitrogens with zero attached hydrogens (tertiary/aromatic N) is 1. The average molecular weight is 350 g/mol. The lowest BCUT2D eigenvalue weighted by atomic mass is 9.94. The van der Waals surface area contributed by atoms with Crippen LogP contribution in [-0.4, -0.2) is 41.9 Å². The van der Waals surface area contributed by atoms with Gasteiger partial charge in [0.2, 0.25) is 5.54 Å². The minimum atomic E-state index is -5.64. The number of hydrogen-bond donors (Lipinski definition) is 1. The third-order valence-corrected chi connectivity index (χ3v) is 3.28. The molecule has 0 aliphatic heterocycles. The summed E-state index contributed by atoms with van der Waals surface area (Å²) < 4.78 is 78.4. The molecule has 0 saturated carbocycles. The molecule has 0 unspecified atom stereocenters. The second kappa shape index (κ2) is 7.61. The van der Waals surface area contributed by atoms with E-state index in [0.29, 0.717) is 0 Å². The first-order valence-electron chi connectivity index (χ1n) is 7.38. The Morgan fingerprint density at radius 2 is 1.26 bits per heavy atom. The van der Waals surface area contributed by atoms with Gasteiger partial charge in [0.05, 0.1) is 0 Å². The molecule has 0 bridgehead atoms. The van der Waals surface area contributed by atoms with Crippen molar-refractivity contribution in [3.63, 3.8) is 0 Å². The number of halogens is 6. The average Bonchev–Trinajstić information content (AvgIpc) is 2.30. The van der Waals surface area contributed by atoms with E-state index in [2.05, 4.69) is 0 Å². The van der Waals surface area contributed by atoms with Crippen LogP contribution in [0.25, 0.3) is 0 Å². The third-order valence-electron chi connectivity index (χ3n) is 3.28. The molecular weight excluding hydrogens is 326 g/mol. The smallest absolute Gasteiger partial charge is 0.324 e. The molecule has 0 atom stereocenters. The second-order valence-electron chi connectivity index (χ2n) is 6.38. The fraction of sp³-hybridized carbons (Fsp3) is 0.929. The molecule has 0 aromatic heterocycles. The minimum Gasteiger partial charge on any atom is -0.324 e. The number of alkyl halides is 6. The van der Waals surface area contributed by atoms with Crippen LogP contribution in [0.2, 0.25) is 0 Å². The van der Waals surface area contributed by atoms with Crippen LogP contribution in [0.3, 0.4) is 0 Å². The van der Waals surface area contributed by atoms with Crippen LogP contribution in [0.15, 0.2) is 0 Å². The van der Waals surface area contributed by atoms with Crippen LogP contribution in [0.1, 0.15) is 41.0 Å². The van der Waals surface area contributed by atoms with Gasteiger partial charge in [-0.05, 0) is 18.3 Å². The van der Waals surface area contributed by atoms with E-state index in [9.17, 15) is 31.1 Å². The molecule has 0 aliphatic rings. The number of carbonyl (C=O) groups excluding carboxylic acids is 1. The lowest BCUT2D eigenvalue weighted by Crippen LogP contribution is -2.69. The van der Waals surface area contributed by atoms with Crippen LogP contribution < -0.4 is 5.32 Å². The van der Waals surface area contributed by atoms with Crippen molar-refractivity contribution in [3.05, 3.63) is 0 Å². The highest BCUT2D eigenvalue weighted by Crippen LogP contribution is 2.45. The molecule has 0 saturated heterocycles. The maximum absolute atomic E-state index is 13.1. The van der Waals surface area contributed by atoms with Crippen molar-refractivity contribution in [3.8, 4) is 0 Å². The van der Waals surface area contributed by atoms with Gasteiger partial charge in [0.15, 0.2) is 0 Å². The molecule has 0 aromatic carbocycles. The van der Waals surface area contributed by atoms with E-state index in [4.69, 9.17) is 0 Å². The lowest BCUT2D eigenvalue weighted by Gasteiger charge is -2.39. The Labute approximate surface area is 132 Å². The fourth-order valence-electron chi connectivity index (χ4n) is 2.18. The predicted octanol–water partition coefficient (Wildman–Crippen LogP) is 4.58. The Balaban J connectivity index is 5.59. The van der Waals surface area contributed by atoms with Gasteiger partial charge in [0.1, 0.15) is 0 Å². The van der Waals surface area contributed by atoms with E-state index in [0.717, 1.165) is 11.8 Å². The molecule has 1 N–H and O–H groups in total. The fourth-order valence-corrected chi connectivity index (χ4v) is 2.18. The number of urea groups is 1. The van der Waals surface area contributed by atoms with Crippen molar-refractivity contribution < 1.29 is 31.1 Å². The van der Waals surface area contributed by atoms with E-state index < -0.39 is 30.3 Å². The quantitative estimate of drug-likeness (QED) is 0.699. The molecule has 0 spiro atoms. The highest BCUT2D eigenvalue weighted by molar-refractivity contribution is 5.75. The third kappa shape index (κ3) is 5.46. The van der Waals surface area contributed by atoms with Crippen molar-refractivity contribution in [1.82, 2.24) is 10.2 Å². The van der Waals surface area contributed by atoms with E-state index in [1.807, 2.05) is 0 Å². The normalized spacial score (nSPS) is 13.6. The van der Waals surface area contributed by atoms with Gasteiger partial charge in [-0.25, -0.2) is 4.79 Å². The monoisotopic (exact) mass is 350 g/mol. The highest BCUT2D eigenvalue weighted by atomic mass is 19.4. The van der Waals surface area contributed by atoms with Crippen LogP contribution >= 0.6 is 0 Å². The van der Waals surface area contributed by atoms with Crippen LogP contribution in [0, 0.1) is 11.8 Å². The van der Waals surface area contributed by atoms with Crippen molar-refractivity contribution in [2.45, 2.75) is 58.9 Å². The molecule has 0 heterocycles. The molecular formula is C14H24F6N2O. The van der Waals surface area contributed by atoms with Gasteiger partial charge in [-0.3, -0.25) is 0 Å². The first-order valence-corrected chi connectivity index (χ1v) is 7.38. The standard InChI is InChI=1S/C14H24F6N2O/c1-6-12(13(15,16)17,14(18,19)20)21-11(23)22(7-9(2)3)8-10(4)5/h9-10H,6-8H2,1-5H3,(H,21,23). The Kier molecular flexibility index (Phi) is 7.23. The second-order valence-corrected chi connectivity index (χ2v) is 6.38. The molecule has 0 fully saturated rings. The zero-order valence-electron chi connectivity index (χ0n) is 13.9. The molecule has 0 aromatic rings. The van der Waals surface area contributed by atoms with Crippen molar-refractivity contribution in [2.24, 2.45) is 11.8 Å². The number of hydrogen-bond acceptors (Lipinski definition) is 1. The van der Waals surface area contributed by atoms with Crippen LogP contribution in [0.4, 0.5) is 31.1 Å². The number of carbonyl (C=O) groups is 1. The Bertz CT molecular complexity index is 366. The Hall–Kier alpha value is -1.15. The summed E-state index contributed by atoms with van der Waals surface area (Å²) in [7, 11) is 0. The Morgan fingerprint density at radius 1 is 0.913 bits per heavy atom. The van der Waals surface area contributed by atoms with E-state index in [1.54, 1.807) is 27.7 Å².